The summed E-state index contributed by atoms with van der Waals surface area (Å²) in [7, 11) is 0. The zero-order chi connectivity index (χ0) is 10.1. The highest BCUT2D eigenvalue weighted by atomic mass is 16.3. The highest BCUT2D eigenvalue weighted by molar-refractivity contribution is 5.35. The first kappa shape index (κ1) is 9.69. The van der Waals surface area contributed by atoms with Crippen molar-refractivity contribution in [3.63, 3.8) is 0 Å². The quantitative estimate of drug-likeness (QED) is 0.745. The van der Waals surface area contributed by atoms with E-state index in [1.165, 1.54) is 5.56 Å². The predicted octanol–water partition coefficient (Wildman–Crippen LogP) is 1.64. The molecule has 1 aromatic rings. The fraction of sp³-hybridized carbons (Fsp3) is 0.500. The van der Waals surface area contributed by atoms with Gasteiger partial charge in [0.05, 0.1) is 6.10 Å². The number of hydrogen-bond donors (Lipinski definition) is 2. The maximum absolute atomic E-state index is 10.0. The van der Waals surface area contributed by atoms with Gasteiger partial charge in [-0.05, 0) is 17.5 Å². The van der Waals surface area contributed by atoms with Crippen LogP contribution in [0.4, 0.5) is 0 Å². The molecule has 2 rings (SSSR count). The molecule has 0 fully saturated rings. The van der Waals surface area contributed by atoms with E-state index in [-0.39, 0.29) is 12.1 Å². The van der Waals surface area contributed by atoms with Crippen molar-refractivity contribution in [2.75, 3.05) is 0 Å². The maximum Gasteiger partial charge on any atom is 0.0948 e. The first-order valence-electron chi connectivity index (χ1n) is 5.20. The molecule has 0 heterocycles. The Morgan fingerprint density at radius 3 is 2.71 bits per heavy atom. The van der Waals surface area contributed by atoms with Crippen LogP contribution < -0.4 is 5.32 Å². The molecule has 2 atom stereocenters. The van der Waals surface area contributed by atoms with E-state index in [1.54, 1.807) is 0 Å². The van der Waals surface area contributed by atoms with Crippen molar-refractivity contribution in [1.29, 1.82) is 0 Å². The van der Waals surface area contributed by atoms with E-state index in [4.69, 9.17) is 0 Å². The SMILES string of the molecule is CC(C)NC1Cc2ccccc2C1O. The molecule has 1 aromatic carbocycles. The normalized spacial score (nSPS) is 25.4. The van der Waals surface area contributed by atoms with Crippen molar-refractivity contribution >= 4 is 0 Å². The molecule has 0 spiro atoms. The molecule has 1 aliphatic rings. The van der Waals surface area contributed by atoms with Crippen molar-refractivity contribution in [3.05, 3.63) is 35.4 Å². The summed E-state index contributed by atoms with van der Waals surface area (Å²) in [4.78, 5) is 0. The topological polar surface area (TPSA) is 32.3 Å². The Hall–Kier alpha value is -0.860. The number of fused-ring (bicyclic) bond motifs is 1. The fourth-order valence-corrected chi connectivity index (χ4v) is 2.15. The van der Waals surface area contributed by atoms with Gasteiger partial charge in [0, 0.05) is 12.1 Å². The summed E-state index contributed by atoms with van der Waals surface area (Å²) in [6, 6.07) is 8.74. The summed E-state index contributed by atoms with van der Waals surface area (Å²) in [6.45, 7) is 4.21. The first-order chi connectivity index (χ1) is 6.68. The molecule has 76 valence electrons. The minimum atomic E-state index is -0.339. The van der Waals surface area contributed by atoms with Crippen molar-refractivity contribution in [3.8, 4) is 0 Å². The number of rotatable bonds is 2. The molecule has 0 aliphatic heterocycles. The van der Waals surface area contributed by atoms with Crippen molar-refractivity contribution in [2.45, 2.75) is 38.5 Å². The van der Waals surface area contributed by atoms with Crippen LogP contribution in [-0.4, -0.2) is 17.2 Å². The predicted molar refractivity (Wildman–Crippen MR) is 57.2 cm³/mol. The summed E-state index contributed by atoms with van der Waals surface area (Å²) < 4.78 is 0. The van der Waals surface area contributed by atoms with E-state index in [0.29, 0.717) is 6.04 Å². The van der Waals surface area contributed by atoms with Gasteiger partial charge in [-0.3, -0.25) is 0 Å². The number of aliphatic hydroxyl groups is 1. The van der Waals surface area contributed by atoms with Crippen LogP contribution in [0.15, 0.2) is 24.3 Å². The van der Waals surface area contributed by atoms with E-state index >= 15 is 0 Å². The second-order valence-electron chi connectivity index (χ2n) is 4.28. The van der Waals surface area contributed by atoms with Crippen molar-refractivity contribution < 1.29 is 5.11 Å². The van der Waals surface area contributed by atoms with Crippen LogP contribution in [0.5, 0.6) is 0 Å². The monoisotopic (exact) mass is 191 g/mol. The summed E-state index contributed by atoms with van der Waals surface area (Å²) in [5, 5.41) is 13.4. The third-order valence-corrected chi connectivity index (χ3v) is 2.74. The van der Waals surface area contributed by atoms with Crippen molar-refractivity contribution in [2.24, 2.45) is 0 Å². The molecule has 0 bridgehead atoms. The van der Waals surface area contributed by atoms with Gasteiger partial charge in [0.1, 0.15) is 0 Å². The average molecular weight is 191 g/mol. The van der Waals surface area contributed by atoms with Crippen LogP contribution >= 0.6 is 0 Å². The van der Waals surface area contributed by atoms with Gasteiger partial charge in [-0.15, -0.1) is 0 Å². The molecule has 0 saturated heterocycles. The van der Waals surface area contributed by atoms with Gasteiger partial charge < -0.3 is 10.4 Å². The lowest BCUT2D eigenvalue weighted by Crippen LogP contribution is -2.37. The van der Waals surface area contributed by atoms with Gasteiger partial charge in [0.15, 0.2) is 0 Å². The number of benzene rings is 1. The molecule has 2 N–H and O–H groups in total. The van der Waals surface area contributed by atoms with Crippen LogP contribution in [0.1, 0.15) is 31.1 Å². The van der Waals surface area contributed by atoms with Gasteiger partial charge >= 0.3 is 0 Å². The van der Waals surface area contributed by atoms with Gasteiger partial charge in [0.25, 0.3) is 0 Å². The Balaban J connectivity index is 2.17. The Bertz CT molecular complexity index is 322. The number of aliphatic hydroxyl groups excluding tert-OH is 1. The molecule has 0 radical (unpaired) electrons. The lowest BCUT2D eigenvalue weighted by molar-refractivity contribution is 0.137. The van der Waals surface area contributed by atoms with Crippen LogP contribution in [0, 0.1) is 0 Å². The molecule has 1 aliphatic carbocycles. The zero-order valence-electron chi connectivity index (χ0n) is 8.70. The van der Waals surface area contributed by atoms with E-state index < -0.39 is 0 Å². The van der Waals surface area contributed by atoms with Crippen LogP contribution in [0.3, 0.4) is 0 Å². The molecule has 2 nitrogen and oxygen atoms in total. The Labute approximate surface area is 85.0 Å². The highest BCUT2D eigenvalue weighted by Crippen LogP contribution is 2.31. The summed E-state index contributed by atoms with van der Waals surface area (Å²) in [6.07, 6.45) is 0.601. The molecule has 0 aromatic heterocycles. The van der Waals surface area contributed by atoms with E-state index in [2.05, 4.69) is 25.2 Å². The molecule has 2 heteroatoms. The lowest BCUT2D eigenvalue weighted by Gasteiger charge is -2.19. The van der Waals surface area contributed by atoms with Gasteiger partial charge in [-0.25, -0.2) is 0 Å². The largest absolute Gasteiger partial charge is 0.387 e. The minimum absolute atomic E-state index is 0.187. The Morgan fingerprint density at radius 2 is 2.07 bits per heavy atom. The van der Waals surface area contributed by atoms with Gasteiger partial charge in [0.2, 0.25) is 0 Å². The summed E-state index contributed by atoms with van der Waals surface area (Å²) in [5.41, 5.74) is 2.36. The average Bonchev–Trinajstić information content (AvgIpc) is 2.44. The smallest absolute Gasteiger partial charge is 0.0948 e. The maximum atomic E-state index is 10.0. The fourth-order valence-electron chi connectivity index (χ4n) is 2.15. The van der Waals surface area contributed by atoms with E-state index in [0.717, 1.165) is 12.0 Å². The Morgan fingerprint density at radius 1 is 1.36 bits per heavy atom. The number of hydrogen-bond acceptors (Lipinski definition) is 2. The van der Waals surface area contributed by atoms with Crippen molar-refractivity contribution in [1.82, 2.24) is 5.32 Å². The van der Waals surface area contributed by atoms with Crippen LogP contribution in [-0.2, 0) is 6.42 Å². The lowest BCUT2D eigenvalue weighted by atomic mass is 10.1. The molecular formula is C12H17NO. The minimum Gasteiger partial charge on any atom is -0.387 e. The second-order valence-corrected chi connectivity index (χ2v) is 4.28. The molecule has 2 unspecified atom stereocenters. The zero-order valence-corrected chi connectivity index (χ0v) is 8.70. The summed E-state index contributed by atoms with van der Waals surface area (Å²) in [5.74, 6) is 0. The van der Waals surface area contributed by atoms with Crippen LogP contribution in [0.2, 0.25) is 0 Å². The van der Waals surface area contributed by atoms with Gasteiger partial charge in [-0.2, -0.15) is 0 Å². The third-order valence-electron chi connectivity index (χ3n) is 2.74. The second kappa shape index (κ2) is 3.71. The van der Waals surface area contributed by atoms with E-state index in [9.17, 15) is 5.11 Å². The number of nitrogens with one attached hydrogen (secondary N) is 1. The highest BCUT2D eigenvalue weighted by Gasteiger charge is 2.30. The van der Waals surface area contributed by atoms with Gasteiger partial charge in [-0.1, -0.05) is 38.1 Å². The molecular weight excluding hydrogens is 174 g/mol. The molecule has 0 amide bonds. The standard InChI is InChI=1S/C12H17NO/c1-8(2)13-11-7-9-5-3-4-6-10(9)12(11)14/h3-6,8,11-14H,7H2,1-2H3. The molecule has 0 saturated carbocycles. The first-order valence-corrected chi connectivity index (χ1v) is 5.20. The van der Waals surface area contributed by atoms with E-state index in [1.807, 2.05) is 18.2 Å². The van der Waals surface area contributed by atoms with Crippen LogP contribution in [0.25, 0.3) is 0 Å². The Kier molecular flexibility index (Phi) is 2.57. The summed E-state index contributed by atoms with van der Waals surface area (Å²) >= 11 is 0. The third kappa shape index (κ3) is 1.68. The molecule has 14 heavy (non-hydrogen) atoms.